The summed E-state index contributed by atoms with van der Waals surface area (Å²) < 4.78 is 0. The summed E-state index contributed by atoms with van der Waals surface area (Å²) in [6.45, 7) is 0. The first-order chi connectivity index (χ1) is 6.56. The minimum absolute atomic E-state index is 0.181. The average Bonchev–Trinajstić information content (AvgIpc) is 2.16. The van der Waals surface area contributed by atoms with E-state index in [1.807, 2.05) is 0 Å². The molecule has 0 heterocycles. The number of benzene rings is 1. The zero-order chi connectivity index (χ0) is 10.7. The topological polar surface area (TPSA) is 116 Å². The Morgan fingerprint density at radius 2 is 2.21 bits per heavy atom. The van der Waals surface area contributed by atoms with Crippen molar-refractivity contribution >= 4 is 11.7 Å². The van der Waals surface area contributed by atoms with Gasteiger partial charge in [0.05, 0.1) is 10.5 Å². The van der Waals surface area contributed by atoms with Crippen molar-refractivity contribution in [2.24, 2.45) is 5.90 Å². The van der Waals surface area contributed by atoms with Gasteiger partial charge in [0.25, 0.3) is 0 Å². The number of nitrogens with zero attached hydrogens (tertiary/aromatic N) is 1. The third-order valence-corrected chi connectivity index (χ3v) is 1.53. The molecule has 0 spiro atoms. The number of nitro benzene ring substituents is 1. The minimum Gasteiger partial charge on any atom is -0.478 e. The van der Waals surface area contributed by atoms with Crippen LogP contribution in [0.15, 0.2) is 18.2 Å². The second kappa shape index (κ2) is 3.71. The van der Waals surface area contributed by atoms with E-state index in [1.54, 1.807) is 0 Å². The number of carboxylic acids is 1. The van der Waals surface area contributed by atoms with Gasteiger partial charge in [-0.1, -0.05) is 0 Å². The molecule has 1 aromatic carbocycles. The van der Waals surface area contributed by atoms with E-state index in [0.29, 0.717) is 0 Å². The van der Waals surface area contributed by atoms with Crippen molar-refractivity contribution in [1.82, 2.24) is 0 Å². The molecule has 74 valence electrons. The fraction of sp³-hybridized carbons (Fsp3) is 0. The van der Waals surface area contributed by atoms with Gasteiger partial charge in [-0.25, -0.2) is 4.79 Å². The molecular formula is C7H6N2O5. The number of rotatable bonds is 3. The van der Waals surface area contributed by atoms with Gasteiger partial charge < -0.3 is 9.94 Å². The second-order valence-electron chi connectivity index (χ2n) is 2.36. The standard InChI is InChI=1S/C7H6N2O5/c8-14-6-2-1-4(7(10)11)3-5(6)9(12)13/h1-3H,8H2,(H,10,11). The van der Waals surface area contributed by atoms with Crippen LogP contribution in [0.4, 0.5) is 5.69 Å². The summed E-state index contributed by atoms with van der Waals surface area (Å²) in [7, 11) is 0. The first-order valence-electron chi connectivity index (χ1n) is 3.44. The van der Waals surface area contributed by atoms with E-state index in [4.69, 9.17) is 11.0 Å². The smallest absolute Gasteiger partial charge is 0.335 e. The minimum atomic E-state index is -1.25. The summed E-state index contributed by atoms with van der Waals surface area (Å²) >= 11 is 0. The van der Waals surface area contributed by atoms with E-state index in [2.05, 4.69) is 4.84 Å². The van der Waals surface area contributed by atoms with Gasteiger partial charge >= 0.3 is 11.7 Å². The van der Waals surface area contributed by atoms with Crippen LogP contribution in [0.25, 0.3) is 0 Å². The number of aromatic carboxylic acids is 1. The highest BCUT2D eigenvalue weighted by Gasteiger charge is 2.17. The van der Waals surface area contributed by atoms with Crippen LogP contribution in [-0.2, 0) is 0 Å². The maximum absolute atomic E-state index is 10.5. The van der Waals surface area contributed by atoms with E-state index in [0.717, 1.165) is 18.2 Å². The van der Waals surface area contributed by atoms with Crippen LogP contribution in [0.3, 0.4) is 0 Å². The van der Waals surface area contributed by atoms with Crippen molar-refractivity contribution in [3.05, 3.63) is 33.9 Å². The zero-order valence-corrected chi connectivity index (χ0v) is 6.84. The lowest BCUT2D eigenvalue weighted by molar-refractivity contribution is -0.385. The van der Waals surface area contributed by atoms with Crippen molar-refractivity contribution in [3.63, 3.8) is 0 Å². The van der Waals surface area contributed by atoms with Crippen LogP contribution < -0.4 is 10.7 Å². The van der Waals surface area contributed by atoms with Gasteiger partial charge in [0.1, 0.15) is 0 Å². The summed E-state index contributed by atoms with van der Waals surface area (Å²) in [5.41, 5.74) is -0.676. The van der Waals surface area contributed by atoms with E-state index in [1.165, 1.54) is 0 Å². The molecule has 0 aliphatic carbocycles. The van der Waals surface area contributed by atoms with Gasteiger partial charge in [0.15, 0.2) is 0 Å². The summed E-state index contributed by atoms with van der Waals surface area (Å²) in [5.74, 6) is 3.33. The van der Waals surface area contributed by atoms with Crippen molar-refractivity contribution < 1.29 is 19.7 Å². The summed E-state index contributed by atoms with van der Waals surface area (Å²) in [6.07, 6.45) is 0. The second-order valence-corrected chi connectivity index (χ2v) is 2.36. The maximum Gasteiger partial charge on any atom is 0.335 e. The van der Waals surface area contributed by atoms with E-state index >= 15 is 0 Å². The Balaban J connectivity index is 3.27. The van der Waals surface area contributed by atoms with Gasteiger partial charge in [-0.05, 0) is 12.1 Å². The van der Waals surface area contributed by atoms with E-state index < -0.39 is 16.6 Å². The highest BCUT2D eigenvalue weighted by Crippen LogP contribution is 2.26. The molecule has 0 aliphatic heterocycles. The fourth-order valence-corrected chi connectivity index (χ4v) is 0.893. The number of carbonyl (C=O) groups is 1. The predicted octanol–water partition coefficient (Wildman–Crippen LogP) is 0.546. The first-order valence-corrected chi connectivity index (χ1v) is 3.44. The van der Waals surface area contributed by atoms with E-state index in [9.17, 15) is 14.9 Å². The molecule has 14 heavy (non-hydrogen) atoms. The lowest BCUT2D eigenvalue weighted by Gasteiger charge is -2.00. The highest BCUT2D eigenvalue weighted by molar-refractivity contribution is 5.88. The molecule has 7 heteroatoms. The van der Waals surface area contributed by atoms with Gasteiger partial charge in [-0.3, -0.25) is 10.1 Å². The molecule has 7 nitrogen and oxygen atoms in total. The van der Waals surface area contributed by atoms with Crippen molar-refractivity contribution in [3.8, 4) is 5.75 Å². The maximum atomic E-state index is 10.5. The molecule has 0 radical (unpaired) electrons. The Morgan fingerprint density at radius 1 is 1.57 bits per heavy atom. The van der Waals surface area contributed by atoms with Gasteiger partial charge in [0.2, 0.25) is 5.75 Å². The van der Waals surface area contributed by atoms with Crippen molar-refractivity contribution in [2.45, 2.75) is 0 Å². The molecule has 3 N–H and O–H groups in total. The third kappa shape index (κ3) is 1.77. The Bertz CT molecular complexity index is 390. The summed E-state index contributed by atoms with van der Waals surface area (Å²) in [5, 5.41) is 19.0. The molecule has 0 bridgehead atoms. The van der Waals surface area contributed by atoms with Crippen LogP contribution in [0, 0.1) is 10.1 Å². The normalized spacial score (nSPS) is 9.50. The molecule has 0 saturated heterocycles. The van der Waals surface area contributed by atoms with E-state index in [-0.39, 0.29) is 11.3 Å². The van der Waals surface area contributed by atoms with Crippen LogP contribution in [0.1, 0.15) is 10.4 Å². The van der Waals surface area contributed by atoms with Crippen molar-refractivity contribution in [2.75, 3.05) is 0 Å². The molecule has 0 aromatic heterocycles. The van der Waals surface area contributed by atoms with Crippen molar-refractivity contribution in [1.29, 1.82) is 0 Å². The predicted molar refractivity (Wildman–Crippen MR) is 44.9 cm³/mol. The number of hydrogen-bond donors (Lipinski definition) is 2. The molecule has 0 atom stereocenters. The molecular weight excluding hydrogens is 192 g/mol. The zero-order valence-electron chi connectivity index (χ0n) is 6.84. The molecule has 0 fully saturated rings. The summed E-state index contributed by atoms with van der Waals surface area (Å²) in [4.78, 5) is 24.4. The lowest BCUT2D eigenvalue weighted by Crippen LogP contribution is -2.06. The lowest BCUT2D eigenvalue weighted by atomic mass is 10.2. The Morgan fingerprint density at radius 3 is 2.64 bits per heavy atom. The van der Waals surface area contributed by atoms with Crippen LogP contribution >= 0.6 is 0 Å². The monoisotopic (exact) mass is 198 g/mol. The largest absolute Gasteiger partial charge is 0.478 e. The molecule has 0 saturated carbocycles. The van der Waals surface area contributed by atoms with Gasteiger partial charge in [0, 0.05) is 6.07 Å². The fourth-order valence-electron chi connectivity index (χ4n) is 0.893. The first kappa shape index (κ1) is 9.93. The molecule has 1 aromatic rings. The highest BCUT2D eigenvalue weighted by atomic mass is 16.6. The Hall–Kier alpha value is -2.15. The number of carboxylic acid groups (broad SMARTS) is 1. The van der Waals surface area contributed by atoms with Gasteiger partial charge in [-0.2, -0.15) is 5.90 Å². The molecule has 0 aliphatic rings. The Kier molecular flexibility index (Phi) is 2.63. The Labute approximate surface area is 77.8 Å². The SMILES string of the molecule is NOc1ccc(C(=O)O)cc1[N+](=O)[O-]. The van der Waals surface area contributed by atoms with Gasteiger partial charge in [-0.15, -0.1) is 0 Å². The third-order valence-electron chi connectivity index (χ3n) is 1.53. The molecule has 0 amide bonds. The van der Waals surface area contributed by atoms with Crippen LogP contribution in [-0.4, -0.2) is 16.0 Å². The average molecular weight is 198 g/mol. The van der Waals surface area contributed by atoms with Crippen LogP contribution in [0.5, 0.6) is 5.75 Å². The van der Waals surface area contributed by atoms with Crippen LogP contribution in [0.2, 0.25) is 0 Å². The number of nitrogens with two attached hydrogens (primary N) is 1. The number of nitro groups is 1. The summed E-state index contributed by atoms with van der Waals surface area (Å²) in [6, 6.07) is 3.17. The number of hydrogen-bond acceptors (Lipinski definition) is 5. The molecule has 0 unspecified atom stereocenters. The molecule has 1 rings (SSSR count). The quantitative estimate of drug-likeness (QED) is 0.541.